The third-order valence-electron chi connectivity index (χ3n) is 1.51. The second-order valence-corrected chi connectivity index (χ2v) is 2.60. The quantitative estimate of drug-likeness (QED) is 0.257. The van der Waals surface area contributed by atoms with Gasteiger partial charge in [0.25, 0.3) is 0 Å². The Morgan fingerprint density at radius 3 is 2.33 bits per heavy atom. The van der Waals surface area contributed by atoms with Gasteiger partial charge in [-0.15, -0.1) is 0 Å². The fourth-order valence-corrected chi connectivity index (χ4v) is 1.04. The number of hydrogen-bond donors (Lipinski definition) is 1. The van der Waals surface area contributed by atoms with Crippen molar-refractivity contribution in [1.82, 2.24) is 0 Å². The van der Waals surface area contributed by atoms with Crippen LogP contribution in [0.5, 0.6) is 0 Å². The predicted molar refractivity (Wildman–Crippen MR) is 33.7 cm³/mol. The maximum Gasteiger partial charge on any atom is 0.437 e. The molecule has 1 N–H and O–H groups in total. The van der Waals surface area contributed by atoms with E-state index in [9.17, 15) is 0 Å². The molecule has 0 radical (unpaired) electrons. The molecular weight excluding hydrogens is 250 g/mol. The Kier molecular flexibility index (Phi) is 4.00. The third-order valence-corrected chi connectivity index (χ3v) is 2.12. The van der Waals surface area contributed by atoms with Crippen molar-refractivity contribution in [2.45, 2.75) is 0 Å². The van der Waals surface area contributed by atoms with Gasteiger partial charge in [0, 0.05) is 0 Å². The maximum absolute atomic E-state index is 5.82. The van der Waals surface area contributed by atoms with Crippen LogP contribution in [0.4, 0.5) is 0 Å². The van der Waals surface area contributed by atoms with Gasteiger partial charge in [-0.3, -0.25) is 0 Å². The van der Waals surface area contributed by atoms with Crippen molar-refractivity contribution in [2.75, 3.05) is 27.2 Å². The van der Waals surface area contributed by atoms with Crippen LogP contribution in [0.15, 0.2) is 0 Å². The zero-order valence-electron chi connectivity index (χ0n) is 5.62. The summed E-state index contributed by atoms with van der Waals surface area (Å²) in [5, 5.41) is 0.935. The van der Waals surface area contributed by atoms with E-state index in [1.165, 1.54) is 4.90 Å². The lowest BCUT2D eigenvalue weighted by Gasteiger charge is -1.92. The van der Waals surface area contributed by atoms with Gasteiger partial charge in [-0.25, -0.2) is 4.90 Å². The monoisotopic (exact) mass is 261 g/mol. The lowest BCUT2D eigenvalue weighted by molar-refractivity contribution is -0.773. The van der Waals surface area contributed by atoms with Crippen molar-refractivity contribution in [2.24, 2.45) is 0 Å². The lowest BCUT2D eigenvalue weighted by atomic mass is 10.6. The molecule has 1 aliphatic rings. The topological polar surface area (TPSA) is 7.45 Å². The summed E-state index contributed by atoms with van der Waals surface area (Å²) in [4.78, 5) is 1.31. The molecule has 1 atom stereocenters. The molecule has 1 rings (SSSR count). The molecule has 0 aromatic carbocycles. The molecule has 0 bridgehead atoms. The number of hydrogen-bond acceptors (Lipinski definition) is 0. The van der Waals surface area contributed by atoms with Crippen LogP contribution in [-0.2, 0) is 0 Å². The third kappa shape index (κ3) is 2.05. The van der Waals surface area contributed by atoms with Crippen LogP contribution in [0, 0.1) is 0 Å². The molecule has 1 aliphatic heterocycles. The summed E-state index contributed by atoms with van der Waals surface area (Å²) in [5.74, 6) is 0. The highest BCUT2D eigenvalue weighted by Gasteiger charge is 2.26. The summed E-state index contributed by atoms with van der Waals surface area (Å²) < 4.78 is 2.07. The van der Waals surface area contributed by atoms with E-state index in [-0.39, 0.29) is 24.0 Å². The molecule has 0 saturated heterocycles. The Bertz CT molecular complexity index is 135. The first kappa shape index (κ1) is 9.65. The van der Waals surface area contributed by atoms with Gasteiger partial charge >= 0.3 is 5.29 Å². The molecule has 1 heterocycles. The normalized spacial score (nSPS) is 26.3. The highest BCUT2D eigenvalue weighted by molar-refractivity contribution is 6.60. The molecule has 1 unspecified atom stereocenters. The van der Waals surface area contributed by atoms with Gasteiger partial charge < -0.3 is 24.0 Å². The number of nitrogens with one attached hydrogen (secondary N) is 1. The zero-order chi connectivity index (χ0) is 6.15. The Morgan fingerprint density at radius 2 is 2.22 bits per heavy atom. The van der Waals surface area contributed by atoms with Crippen molar-refractivity contribution in [1.29, 1.82) is 0 Å². The Morgan fingerprint density at radius 1 is 1.67 bits per heavy atom. The minimum absolute atomic E-state index is 0. The van der Waals surface area contributed by atoms with Crippen LogP contribution in [0.1, 0.15) is 0 Å². The van der Waals surface area contributed by atoms with E-state index in [1.54, 1.807) is 0 Å². The first-order chi connectivity index (χ1) is 3.72. The maximum atomic E-state index is 5.82. The van der Waals surface area contributed by atoms with Gasteiger partial charge in [-0.2, -0.15) is 4.58 Å². The molecule has 2 nitrogen and oxygen atoms in total. The average molecular weight is 262 g/mol. The summed E-state index contributed by atoms with van der Waals surface area (Å²) in [5.41, 5.74) is 0. The van der Waals surface area contributed by atoms with Crippen molar-refractivity contribution in [3.05, 3.63) is 0 Å². The van der Waals surface area contributed by atoms with Gasteiger partial charge in [-0.05, 0) is 0 Å². The van der Waals surface area contributed by atoms with Gasteiger partial charge in [0.1, 0.15) is 13.6 Å². The first-order valence-corrected chi connectivity index (χ1v) is 3.16. The zero-order valence-corrected chi connectivity index (χ0v) is 8.53. The van der Waals surface area contributed by atoms with E-state index in [0.29, 0.717) is 0 Å². The van der Waals surface area contributed by atoms with Crippen LogP contribution >= 0.6 is 11.6 Å². The second kappa shape index (κ2) is 3.73. The molecule has 54 valence electrons. The van der Waals surface area contributed by atoms with E-state index in [0.717, 1.165) is 18.4 Å². The van der Waals surface area contributed by atoms with E-state index in [4.69, 9.17) is 11.6 Å². The summed E-state index contributed by atoms with van der Waals surface area (Å²) in [6.07, 6.45) is 0. The highest BCUT2D eigenvalue weighted by atomic mass is 127. The van der Waals surface area contributed by atoms with E-state index in [2.05, 4.69) is 11.6 Å². The first-order valence-electron chi connectivity index (χ1n) is 2.78. The predicted octanol–water partition coefficient (Wildman–Crippen LogP) is -4.24. The number of halogens is 2. The largest absolute Gasteiger partial charge is 1.00 e. The van der Waals surface area contributed by atoms with Gasteiger partial charge in [0.15, 0.2) is 6.54 Å². The van der Waals surface area contributed by atoms with Gasteiger partial charge in [-0.1, -0.05) is 0 Å². The minimum Gasteiger partial charge on any atom is -1.00 e. The molecule has 0 saturated carbocycles. The second-order valence-electron chi connectivity index (χ2n) is 2.24. The van der Waals surface area contributed by atoms with Crippen LogP contribution in [0.2, 0.25) is 0 Å². The van der Waals surface area contributed by atoms with Crippen LogP contribution < -0.4 is 28.9 Å². The molecule has 0 spiro atoms. The highest BCUT2D eigenvalue weighted by Crippen LogP contribution is 1.79. The summed E-state index contributed by atoms with van der Waals surface area (Å²) >= 11 is 5.82. The molecule has 0 fully saturated rings. The van der Waals surface area contributed by atoms with E-state index in [1.807, 2.05) is 7.05 Å². The standard InChI is InChI=1S/C5H10ClN2.HI/c1-7-3-4-8(2)5(7)6;/h3-4H2,1-2H3;1H/q+1;. The Labute approximate surface area is 77.5 Å². The molecule has 0 amide bonds. The van der Waals surface area contributed by atoms with Crippen LogP contribution in [0.25, 0.3) is 0 Å². The van der Waals surface area contributed by atoms with E-state index >= 15 is 0 Å². The lowest BCUT2D eigenvalue weighted by Crippen LogP contribution is -3.09. The number of likely N-dealkylation sites (N-methyl/N-ethyl adjacent to an activating group) is 2. The SMILES string of the molecule is C[N+]1=C(Cl)[NH+](C)CC1.[I-]. The molecule has 4 heteroatoms. The Hall–Kier alpha value is 0.650. The minimum atomic E-state index is 0. The number of nitrogens with zero attached hydrogens (tertiary/aromatic N) is 1. The molecule has 9 heavy (non-hydrogen) atoms. The van der Waals surface area contributed by atoms with Crippen molar-refractivity contribution >= 4 is 16.9 Å². The van der Waals surface area contributed by atoms with Crippen molar-refractivity contribution in [3.8, 4) is 0 Å². The summed E-state index contributed by atoms with van der Waals surface area (Å²) in [6, 6.07) is 0. The number of quaternary nitrogens is 1. The molecular formula is C5H11ClIN2+. The van der Waals surface area contributed by atoms with Crippen molar-refractivity contribution in [3.63, 3.8) is 0 Å². The number of rotatable bonds is 0. The smallest absolute Gasteiger partial charge is 0.437 e. The fraction of sp³-hybridized carbons (Fsp3) is 0.800. The molecule has 0 aromatic rings. The summed E-state index contributed by atoms with van der Waals surface area (Å²) in [6.45, 7) is 2.22. The molecule has 0 aromatic heterocycles. The van der Waals surface area contributed by atoms with Crippen LogP contribution in [0.3, 0.4) is 0 Å². The average Bonchev–Trinajstić information content (AvgIpc) is 1.98. The van der Waals surface area contributed by atoms with Gasteiger partial charge in [0.2, 0.25) is 0 Å². The van der Waals surface area contributed by atoms with Crippen molar-refractivity contribution < 1.29 is 33.5 Å². The Balaban J connectivity index is 0.000000640. The van der Waals surface area contributed by atoms with Crippen LogP contribution in [-0.4, -0.2) is 37.1 Å². The van der Waals surface area contributed by atoms with Gasteiger partial charge in [0.05, 0.1) is 18.6 Å². The fourth-order valence-electron chi connectivity index (χ4n) is 0.863. The van der Waals surface area contributed by atoms with E-state index < -0.39 is 0 Å². The number of amidine groups is 1. The molecule has 0 aliphatic carbocycles. The summed E-state index contributed by atoms with van der Waals surface area (Å²) in [7, 11) is 4.09.